The van der Waals surface area contributed by atoms with E-state index in [2.05, 4.69) is 20.3 Å². The summed E-state index contributed by atoms with van der Waals surface area (Å²) in [6.07, 6.45) is 5.34. The molecule has 0 aliphatic rings. The van der Waals surface area contributed by atoms with Crippen LogP contribution in [-0.4, -0.2) is 56.8 Å². The molecule has 11 nitrogen and oxygen atoms in total. The van der Waals surface area contributed by atoms with Crippen LogP contribution in [0.25, 0.3) is 22.0 Å². The van der Waals surface area contributed by atoms with E-state index in [4.69, 9.17) is 0 Å². The molecule has 0 bridgehead atoms. The lowest BCUT2D eigenvalue weighted by Gasteiger charge is -2.29. The molecular weight excluding hydrogens is 460 g/mol. The Kier molecular flexibility index (Phi) is 6.32. The summed E-state index contributed by atoms with van der Waals surface area (Å²) in [4.78, 5) is 32.7. The van der Waals surface area contributed by atoms with Crippen molar-refractivity contribution in [3.05, 3.63) is 77.6 Å². The molecule has 0 spiro atoms. The maximum atomic E-state index is 12.7. The first kappa shape index (κ1) is 23.0. The van der Waals surface area contributed by atoms with Crippen molar-refractivity contribution >= 4 is 32.6 Å². The van der Waals surface area contributed by atoms with Gasteiger partial charge in [-0.05, 0) is 36.2 Å². The number of rotatable bonds is 8. The number of hydrogen-bond acceptors (Lipinski definition) is 8. The van der Waals surface area contributed by atoms with Gasteiger partial charge in [0.15, 0.2) is 0 Å². The average molecular weight is 481 g/mol. The Balaban J connectivity index is 1.64. The van der Waals surface area contributed by atoms with Crippen molar-refractivity contribution in [2.75, 3.05) is 10.6 Å². The first-order valence-electron chi connectivity index (χ1n) is 10.2. The van der Waals surface area contributed by atoms with Gasteiger partial charge in [0.05, 0.1) is 17.3 Å². The maximum Gasteiger partial charge on any atom is 0.327 e. The highest BCUT2D eigenvalue weighted by molar-refractivity contribution is 7.92. The summed E-state index contributed by atoms with van der Waals surface area (Å²) >= 11 is 0. The minimum atomic E-state index is -3.98. The molecule has 1 N–H and O–H groups in total. The second kappa shape index (κ2) is 9.35. The molecule has 0 amide bonds. The van der Waals surface area contributed by atoms with Crippen molar-refractivity contribution in [3.63, 3.8) is 0 Å². The van der Waals surface area contributed by atoms with E-state index in [0.717, 1.165) is 26.4 Å². The largest absolute Gasteiger partial charge is 0.480 e. The molecule has 34 heavy (non-hydrogen) atoms. The number of nitrogens with zero attached hydrogens (tertiary/aromatic N) is 6. The Hall–Kier alpha value is -4.19. The van der Waals surface area contributed by atoms with E-state index in [0.29, 0.717) is 10.9 Å². The van der Waals surface area contributed by atoms with Crippen molar-refractivity contribution in [2.45, 2.75) is 19.0 Å². The van der Waals surface area contributed by atoms with Gasteiger partial charge in [-0.1, -0.05) is 29.5 Å². The predicted molar refractivity (Wildman–Crippen MR) is 125 cm³/mol. The third-order valence-corrected chi connectivity index (χ3v) is 6.36. The van der Waals surface area contributed by atoms with Gasteiger partial charge in [-0.2, -0.15) is 0 Å². The molecule has 4 aromatic rings. The molecule has 2 aromatic carbocycles. The lowest BCUT2D eigenvalue weighted by atomic mass is 10.1. The van der Waals surface area contributed by atoms with Crippen molar-refractivity contribution < 1.29 is 18.3 Å². The van der Waals surface area contributed by atoms with Crippen molar-refractivity contribution in [2.24, 2.45) is 0 Å². The molecule has 0 aliphatic heterocycles. The number of carbonyl (C=O) groups is 1. The van der Waals surface area contributed by atoms with Crippen molar-refractivity contribution in [1.29, 1.82) is 0 Å². The number of hydrogen-bond donors (Lipinski definition) is 1. The molecule has 0 fully saturated rings. The standard InChI is InChI=1S/C22H20N6O5S/c1-34(32,33)28(17-8-6-15(7-9-17)16-12-23-14-24-13-16)20(22(30)31)10-11-27-21(29)18-4-2-3-5-19(18)25-26-27/h2-9,12-14,20H,10-11H2,1H3,(H,30,31)/t20-/m1/s1. The normalized spacial score (nSPS) is 12.4. The molecule has 0 aliphatic carbocycles. The molecule has 2 heterocycles. The van der Waals surface area contributed by atoms with Gasteiger partial charge < -0.3 is 5.11 Å². The summed E-state index contributed by atoms with van der Waals surface area (Å²) in [5.41, 5.74) is 1.62. The summed E-state index contributed by atoms with van der Waals surface area (Å²) in [5, 5.41) is 18.0. The Morgan fingerprint density at radius 3 is 2.38 bits per heavy atom. The summed E-state index contributed by atoms with van der Waals surface area (Å²) in [5.74, 6) is -1.35. The van der Waals surface area contributed by atoms with E-state index in [1.54, 1.807) is 48.8 Å². The molecule has 2 aromatic heterocycles. The number of benzene rings is 2. The monoisotopic (exact) mass is 480 g/mol. The molecule has 12 heteroatoms. The maximum absolute atomic E-state index is 12.7. The van der Waals surface area contributed by atoms with Crippen LogP contribution in [0, 0.1) is 0 Å². The smallest absolute Gasteiger partial charge is 0.327 e. The lowest BCUT2D eigenvalue weighted by Crippen LogP contribution is -2.46. The van der Waals surface area contributed by atoms with E-state index in [1.165, 1.54) is 18.5 Å². The minimum absolute atomic E-state index is 0.140. The molecule has 0 unspecified atom stereocenters. The summed E-state index contributed by atoms with van der Waals surface area (Å²) in [6, 6.07) is 11.5. The van der Waals surface area contributed by atoms with Crippen LogP contribution in [0.2, 0.25) is 0 Å². The van der Waals surface area contributed by atoms with E-state index in [9.17, 15) is 23.1 Å². The zero-order valence-corrected chi connectivity index (χ0v) is 18.8. The fraction of sp³-hybridized carbons (Fsp3) is 0.182. The zero-order valence-electron chi connectivity index (χ0n) is 18.0. The highest BCUT2D eigenvalue weighted by Gasteiger charge is 2.32. The van der Waals surface area contributed by atoms with Gasteiger partial charge in [-0.25, -0.2) is 27.9 Å². The van der Waals surface area contributed by atoms with Crippen molar-refractivity contribution in [3.8, 4) is 11.1 Å². The molecular formula is C22H20N6O5S. The third kappa shape index (κ3) is 4.76. The lowest BCUT2D eigenvalue weighted by molar-refractivity contribution is -0.138. The van der Waals surface area contributed by atoms with Gasteiger partial charge in [-0.3, -0.25) is 9.10 Å². The van der Waals surface area contributed by atoms with E-state index >= 15 is 0 Å². The molecule has 0 saturated carbocycles. The number of aromatic nitrogens is 5. The summed E-state index contributed by atoms with van der Waals surface area (Å²) < 4.78 is 27.1. The number of anilines is 1. The van der Waals surface area contributed by atoms with Crippen LogP contribution in [-0.2, 0) is 21.4 Å². The van der Waals surface area contributed by atoms with Gasteiger partial charge in [0.1, 0.15) is 17.9 Å². The Labute approximate surface area is 194 Å². The highest BCUT2D eigenvalue weighted by atomic mass is 32.2. The number of carboxylic acids is 1. The van der Waals surface area contributed by atoms with Crippen LogP contribution in [0.15, 0.2) is 72.0 Å². The van der Waals surface area contributed by atoms with Crippen LogP contribution in [0.5, 0.6) is 0 Å². The molecule has 0 radical (unpaired) electrons. The topological polar surface area (TPSA) is 148 Å². The number of fused-ring (bicyclic) bond motifs is 1. The van der Waals surface area contributed by atoms with Crippen LogP contribution in [0.1, 0.15) is 6.42 Å². The number of aliphatic carboxylic acids is 1. The van der Waals surface area contributed by atoms with Crippen LogP contribution < -0.4 is 9.86 Å². The second-order valence-electron chi connectivity index (χ2n) is 7.51. The minimum Gasteiger partial charge on any atom is -0.480 e. The van der Waals surface area contributed by atoms with Crippen molar-refractivity contribution in [1.82, 2.24) is 25.0 Å². The molecule has 0 saturated heterocycles. The molecule has 174 valence electrons. The molecule has 1 atom stereocenters. The second-order valence-corrected chi connectivity index (χ2v) is 9.37. The fourth-order valence-electron chi connectivity index (χ4n) is 3.61. The van der Waals surface area contributed by atoms with E-state index < -0.39 is 27.6 Å². The highest BCUT2D eigenvalue weighted by Crippen LogP contribution is 2.26. The fourth-order valence-corrected chi connectivity index (χ4v) is 4.77. The first-order valence-corrected chi connectivity index (χ1v) is 12.0. The average Bonchev–Trinajstić information content (AvgIpc) is 2.83. The summed E-state index contributed by atoms with van der Waals surface area (Å²) in [7, 11) is -3.98. The Morgan fingerprint density at radius 2 is 1.74 bits per heavy atom. The number of carboxylic acid groups (broad SMARTS) is 1. The summed E-state index contributed by atoms with van der Waals surface area (Å²) in [6.45, 7) is -0.140. The quantitative estimate of drug-likeness (QED) is 0.396. The SMILES string of the molecule is CS(=O)(=O)N(c1ccc(-c2cncnc2)cc1)[C@H](CCn1nnc2ccccc2c1=O)C(=O)O. The van der Waals surface area contributed by atoms with Crippen LogP contribution >= 0.6 is 0 Å². The van der Waals surface area contributed by atoms with Gasteiger partial charge in [0, 0.05) is 24.5 Å². The first-order chi connectivity index (χ1) is 16.3. The third-order valence-electron chi connectivity index (χ3n) is 5.18. The van der Waals surface area contributed by atoms with E-state index in [1.807, 2.05) is 0 Å². The molecule has 4 rings (SSSR count). The van der Waals surface area contributed by atoms with Gasteiger partial charge in [0.25, 0.3) is 5.56 Å². The van der Waals surface area contributed by atoms with Gasteiger partial charge >= 0.3 is 5.97 Å². The van der Waals surface area contributed by atoms with Gasteiger partial charge in [-0.15, -0.1) is 5.10 Å². The van der Waals surface area contributed by atoms with Crippen LogP contribution in [0.3, 0.4) is 0 Å². The van der Waals surface area contributed by atoms with Gasteiger partial charge in [0.2, 0.25) is 10.0 Å². The number of aryl methyl sites for hydroxylation is 1. The number of sulfonamides is 1. The Morgan fingerprint density at radius 1 is 1.06 bits per heavy atom. The van der Waals surface area contributed by atoms with E-state index in [-0.39, 0.29) is 18.7 Å². The predicted octanol–water partition coefficient (Wildman–Crippen LogP) is 1.56. The van der Waals surface area contributed by atoms with Crippen LogP contribution in [0.4, 0.5) is 5.69 Å². The Bertz CT molecular complexity index is 1490. The zero-order chi connectivity index (χ0) is 24.3.